The van der Waals surface area contributed by atoms with E-state index < -0.39 is 17.6 Å². The maximum absolute atomic E-state index is 12.6. The Morgan fingerprint density at radius 3 is 2.67 bits per heavy atom. The SMILES string of the molecule is CC(C)(C)OC(=O)CCc1ccc2c(c1)CN(C1CCC(=O)NC1=O)C2=O. The van der Waals surface area contributed by atoms with E-state index in [1.807, 2.05) is 32.9 Å². The molecule has 0 saturated carbocycles. The number of hydrogen-bond donors (Lipinski definition) is 1. The van der Waals surface area contributed by atoms with Crippen LogP contribution in [0.5, 0.6) is 0 Å². The molecule has 2 aliphatic rings. The number of piperidine rings is 1. The van der Waals surface area contributed by atoms with Gasteiger partial charge < -0.3 is 9.64 Å². The van der Waals surface area contributed by atoms with Crippen LogP contribution in [0.1, 0.15) is 61.5 Å². The maximum Gasteiger partial charge on any atom is 0.306 e. The van der Waals surface area contributed by atoms with Crippen LogP contribution >= 0.6 is 0 Å². The highest BCUT2D eigenvalue weighted by atomic mass is 16.6. The van der Waals surface area contributed by atoms with E-state index in [0.717, 1.165) is 11.1 Å². The fourth-order valence-electron chi connectivity index (χ4n) is 3.42. The Bertz CT molecular complexity index is 809. The van der Waals surface area contributed by atoms with E-state index in [1.54, 1.807) is 6.07 Å². The van der Waals surface area contributed by atoms with E-state index in [1.165, 1.54) is 4.90 Å². The molecule has 1 fully saturated rings. The fraction of sp³-hybridized carbons (Fsp3) is 0.500. The first-order valence-corrected chi connectivity index (χ1v) is 9.12. The number of imide groups is 1. The second kappa shape index (κ2) is 7.13. The van der Waals surface area contributed by atoms with E-state index in [2.05, 4.69) is 5.32 Å². The third-order valence-corrected chi connectivity index (χ3v) is 4.63. The number of aryl methyl sites for hydroxylation is 1. The number of fused-ring (bicyclic) bond motifs is 1. The number of nitrogens with one attached hydrogen (secondary N) is 1. The first-order chi connectivity index (χ1) is 12.6. The van der Waals surface area contributed by atoms with Gasteiger partial charge in [0.15, 0.2) is 0 Å². The molecule has 1 atom stereocenters. The maximum atomic E-state index is 12.6. The first kappa shape index (κ1) is 19.1. The van der Waals surface area contributed by atoms with Crippen LogP contribution in [0.25, 0.3) is 0 Å². The molecule has 1 saturated heterocycles. The molecular weight excluding hydrogens is 348 g/mol. The van der Waals surface area contributed by atoms with Crippen LogP contribution in [-0.4, -0.2) is 40.2 Å². The largest absolute Gasteiger partial charge is 0.460 e. The van der Waals surface area contributed by atoms with E-state index in [9.17, 15) is 19.2 Å². The molecule has 3 amide bonds. The van der Waals surface area contributed by atoms with Gasteiger partial charge in [-0.3, -0.25) is 24.5 Å². The van der Waals surface area contributed by atoms with Gasteiger partial charge in [0.1, 0.15) is 11.6 Å². The molecule has 2 aliphatic heterocycles. The van der Waals surface area contributed by atoms with Crippen molar-refractivity contribution in [1.29, 1.82) is 0 Å². The summed E-state index contributed by atoms with van der Waals surface area (Å²) in [5, 5.41) is 2.29. The lowest BCUT2D eigenvalue weighted by Gasteiger charge is -2.29. The van der Waals surface area contributed by atoms with E-state index in [4.69, 9.17) is 4.74 Å². The van der Waals surface area contributed by atoms with Gasteiger partial charge in [-0.2, -0.15) is 0 Å². The molecule has 3 rings (SSSR count). The topological polar surface area (TPSA) is 92.8 Å². The highest BCUT2D eigenvalue weighted by Gasteiger charge is 2.39. The monoisotopic (exact) mass is 372 g/mol. The lowest BCUT2D eigenvalue weighted by atomic mass is 10.0. The van der Waals surface area contributed by atoms with Crippen molar-refractivity contribution >= 4 is 23.7 Å². The molecule has 1 N–H and O–H groups in total. The third-order valence-electron chi connectivity index (χ3n) is 4.63. The molecule has 7 heteroatoms. The molecular formula is C20H24N2O5. The highest BCUT2D eigenvalue weighted by molar-refractivity contribution is 6.05. The van der Waals surface area contributed by atoms with Crippen molar-refractivity contribution < 1.29 is 23.9 Å². The molecule has 0 spiro atoms. The van der Waals surface area contributed by atoms with Crippen molar-refractivity contribution in [2.24, 2.45) is 0 Å². The number of amides is 3. The number of nitrogens with zero attached hydrogens (tertiary/aromatic N) is 1. The molecule has 2 heterocycles. The lowest BCUT2D eigenvalue weighted by Crippen LogP contribution is -2.52. The average Bonchev–Trinajstić information content (AvgIpc) is 2.88. The van der Waals surface area contributed by atoms with Gasteiger partial charge >= 0.3 is 5.97 Å². The minimum atomic E-state index is -0.618. The molecule has 0 bridgehead atoms. The summed E-state index contributed by atoms with van der Waals surface area (Å²) in [6.07, 6.45) is 1.36. The molecule has 144 valence electrons. The van der Waals surface area contributed by atoms with Crippen molar-refractivity contribution in [3.63, 3.8) is 0 Å². The molecule has 1 aromatic rings. The molecule has 27 heavy (non-hydrogen) atoms. The second-order valence-corrected chi connectivity index (χ2v) is 7.98. The molecule has 0 aliphatic carbocycles. The zero-order chi connectivity index (χ0) is 19.8. The van der Waals surface area contributed by atoms with Crippen molar-refractivity contribution in [3.05, 3.63) is 34.9 Å². The predicted molar refractivity (Wildman–Crippen MR) is 96.7 cm³/mol. The summed E-state index contributed by atoms with van der Waals surface area (Å²) in [6.45, 7) is 5.82. The van der Waals surface area contributed by atoms with E-state index in [0.29, 0.717) is 24.9 Å². The van der Waals surface area contributed by atoms with Gasteiger partial charge in [-0.1, -0.05) is 12.1 Å². The zero-order valence-corrected chi connectivity index (χ0v) is 15.8. The fourth-order valence-corrected chi connectivity index (χ4v) is 3.42. The highest BCUT2D eigenvalue weighted by Crippen LogP contribution is 2.28. The number of carbonyl (C=O) groups excluding carboxylic acids is 4. The zero-order valence-electron chi connectivity index (χ0n) is 15.8. The number of benzene rings is 1. The van der Waals surface area contributed by atoms with Crippen LogP contribution in [0, 0.1) is 0 Å². The van der Waals surface area contributed by atoms with Gasteiger partial charge in [-0.05, 0) is 50.8 Å². The Morgan fingerprint density at radius 1 is 1.26 bits per heavy atom. The molecule has 1 aromatic carbocycles. The first-order valence-electron chi connectivity index (χ1n) is 9.12. The number of carbonyl (C=O) groups is 4. The van der Waals surface area contributed by atoms with Crippen molar-refractivity contribution in [2.75, 3.05) is 0 Å². The molecule has 0 aromatic heterocycles. The minimum absolute atomic E-state index is 0.196. The number of hydrogen-bond acceptors (Lipinski definition) is 5. The van der Waals surface area contributed by atoms with Gasteiger partial charge in [0.05, 0.1) is 0 Å². The van der Waals surface area contributed by atoms with Crippen LogP contribution in [0.4, 0.5) is 0 Å². The summed E-state index contributed by atoms with van der Waals surface area (Å²) in [4.78, 5) is 49.4. The third kappa shape index (κ3) is 4.35. The summed E-state index contributed by atoms with van der Waals surface area (Å²) < 4.78 is 5.31. The van der Waals surface area contributed by atoms with Crippen LogP contribution in [0.3, 0.4) is 0 Å². The quantitative estimate of drug-likeness (QED) is 0.642. The summed E-state index contributed by atoms with van der Waals surface area (Å²) >= 11 is 0. The molecule has 7 nitrogen and oxygen atoms in total. The summed E-state index contributed by atoms with van der Waals surface area (Å²) in [5.74, 6) is -1.18. The Morgan fingerprint density at radius 2 is 2.00 bits per heavy atom. The van der Waals surface area contributed by atoms with Crippen molar-refractivity contribution in [2.45, 2.75) is 64.6 Å². The summed E-state index contributed by atoms with van der Waals surface area (Å²) in [5.41, 5.74) is 1.84. The minimum Gasteiger partial charge on any atom is -0.460 e. The Hall–Kier alpha value is -2.70. The number of esters is 1. The van der Waals surface area contributed by atoms with Gasteiger partial charge in [0.25, 0.3) is 5.91 Å². The van der Waals surface area contributed by atoms with Gasteiger partial charge in [0, 0.05) is 24.9 Å². The lowest BCUT2D eigenvalue weighted by molar-refractivity contribution is -0.154. The Balaban J connectivity index is 1.66. The van der Waals surface area contributed by atoms with Gasteiger partial charge in [-0.15, -0.1) is 0 Å². The number of rotatable bonds is 4. The van der Waals surface area contributed by atoms with Crippen LogP contribution in [0.2, 0.25) is 0 Å². The normalized spacial score (nSPS) is 19.7. The van der Waals surface area contributed by atoms with E-state index in [-0.39, 0.29) is 30.6 Å². The number of ether oxygens (including phenoxy) is 1. The van der Waals surface area contributed by atoms with Gasteiger partial charge in [-0.25, -0.2) is 0 Å². The van der Waals surface area contributed by atoms with Crippen LogP contribution < -0.4 is 5.32 Å². The standard InChI is InChI=1S/C20H24N2O5/c1-20(2,3)27-17(24)9-5-12-4-6-14-13(10-12)11-22(19(14)26)15-7-8-16(23)21-18(15)25/h4,6,10,15H,5,7-9,11H2,1-3H3,(H,21,23,25). The average molecular weight is 372 g/mol. The van der Waals surface area contributed by atoms with Gasteiger partial charge in [0.2, 0.25) is 11.8 Å². The van der Waals surface area contributed by atoms with Crippen LogP contribution in [-0.2, 0) is 32.1 Å². The van der Waals surface area contributed by atoms with Crippen molar-refractivity contribution in [3.8, 4) is 0 Å². The Labute approximate surface area is 158 Å². The summed E-state index contributed by atoms with van der Waals surface area (Å²) in [7, 11) is 0. The van der Waals surface area contributed by atoms with Crippen molar-refractivity contribution in [1.82, 2.24) is 10.2 Å². The van der Waals surface area contributed by atoms with Crippen LogP contribution in [0.15, 0.2) is 18.2 Å². The second-order valence-electron chi connectivity index (χ2n) is 7.98. The molecule has 0 radical (unpaired) electrons. The Kier molecular flexibility index (Phi) is 5.04. The predicted octanol–water partition coefficient (Wildman–Crippen LogP) is 1.72. The van der Waals surface area contributed by atoms with E-state index >= 15 is 0 Å². The molecule has 1 unspecified atom stereocenters. The smallest absolute Gasteiger partial charge is 0.306 e. The summed E-state index contributed by atoms with van der Waals surface area (Å²) in [6, 6.07) is 4.86.